The average molecular weight is 508 g/mol. The van der Waals surface area contributed by atoms with Crippen LogP contribution in [0.3, 0.4) is 0 Å². The van der Waals surface area contributed by atoms with Crippen molar-refractivity contribution in [2.45, 2.75) is 51.8 Å². The van der Waals surface area contributed by atoms with Crippen LogP contribution in [0.1, 0.15) is 44.7 Å². The van der Waals surface area contributed by atoms with Gasteiger partial charge < -0.3 is 28.7 Å². The summed E-state index contributed by atoms with van der Waals surface area (Å²) in [5.74, 6) is 1.97. The number of hydrogen-bond donors (Lipinski definition) is 1. The first-order valence-electron chi connectivity index (χ1n) is 12.6. The third-order valence-corrected chi connectivity index (χ3v) is 6.52. The van der Waals surface area contributed by atoms with E-state index in [2.05, 4.69) is 44.2 Å². The van der Waals surface area contributed by atoms with Crippen LogP contribution in [0, 0.1) is 0 Å². The van der Waals surface area contributed by atoms with Crippen LogP contribution >= 0.6 is 0 Å². The summed E-state index contributed by atoms with van der Waals surface area (Å²) < 4.78 is 27.6. The number of piperidine rings is 1. The summed E-state index contributed by atoms with van der Waals surface area (Å²) in [5.41, 5.74) is 3.16. The van der Waals surface area contributed by atoms with E-state index >= 15 is 0 Å². The number of oxazole rings is 1. The number of carbonyl (C=O) groups excluding carboxylic acids is 1. The van der Waals surface area contributed by atoms with Crippen molar-refractivity contribution < 1.29 is 28.2 Å². The number of hydrogen-bond acceptors (Lipinski definition) is 9. The lowest BCUT2D eigenvalue weighted by molar-refractivity contribution is 0.121. The summed E-state index contributed by atoms with van der Waals surface area (Å²) in [6.07, 6.45) is 5.38. The molecule has 1 aromatic heterocycles. The molecule has 3 aromatic rings. The Balaban J connectivity index is 1.19. The lowest BCUT2D eigenvalue weighted by atomic mass is 9.99. The second-order valence-corrected chi connectivity index (χ2v) is 9.88. The van der Waals surface area contributed by atoms with Gasteiger partial charge in [0.05, 0.1) is 13.7 Å². The Labute approximate surface area is 216 Å². The molecule has 9 heteroatoms. The van der Waals surface area contributed by atoms with Gasteiger partial charge in [0.15, 0.2) is 17.1 Å². The lowest BCUT2D eigenvalue weighted by Crippen LogP contribution is -2.38. The number of aromatic nitrogens is 1. The van der Waals surface area contributed by atoms with E-state index in [4.69, 9.17) is 18.6 Å². The fourth-order valence-corrected chi connectivity index (χ4v) is 4.69. The van der Waals surface area contributed by atoms with Gasteiger partial charge in [-0.25, -0.2) is 4.79 Å². The summed E-state index contributed by atoms with van der Waals surface area (Å²) in [5, 5.41) is 3.42. The number of ether oxygens (including phenoxy) is 4. The van der Waals surface area contributed by atoms with Crippen molar-refractivity contribution in [3.05, 3.63) is 47.5 Å². The Bertz CT molecular complexity index is 1310. The van der Waals surface area contributed by atoms with E-state index in [1.807, 2.05) is 20.8 Å². The molecule has 0 unspecified atom stereocenters. The number of carbonyl (C=O) groups is 1. The molecule has 2 aliphatic heterocycles. The largest absolute Gasteiger partial charge is 0.513 e. The van der Waals surface area contributed by atoms with E-state index in [0.29, 0.717) is 29.5 Å². The molecule has 1 N–H and O–H groups in total. The molecule has 5 rings (SSSR count). The molecule has 0 atom stereocenters. The molecular formula is C28H33N3O6. The summed E-state index contributed by atoms with van der Waals surface area (Å²) in [6.45, 7) is 9.44. The maximum absolute atomic E-state index is 11.3. The zero-order valence-corrected chi connectivity index (χ0v) is 21.7. The molecule has 0 amide bonds. The number of methoxy groups -OCH3 is 1. The van der Waals surface area contributed by atoms with E-state index in [0.717, 1.165) is 49.5 Å². The van der Waals surface area contributed by atoms with Gasteiger partial charge in [-0.1, -0.05) is 6.08 Å². The minimum atomic E-state index is -0.776. The van der Waals surface area contributed by atoms with Crippen LogP contribution in [-0.4, -0.2) is 54.5 Å². The molecule has 2 aliphatic rings. The summed E-state index contributed by atoms with van der Waals surface area (Å²) >= 11 is 0. The van der Waals surface area contributed by atoms with Crippen LogP contribution in [0.5, 0.6) is 17.2 Å². The fourth-order valence-electron chi connectivity index (χ4n) is 4.69. The SMILES string of the molecule is CCOc1cc(CN2CCC(Nc3nc4ccc(OC(=O)OC)cc4o3)CC2)cc2c1OC(C)(C)C=C2. The summed E-state index contributed by atoms with van der Waals surface area (Å²) in [7, 11) is 1.26. The molecule has 1 saturated heterocycles. The average Bonchev–Trinajstić information content (AvgIpc) is 3.27. The van der Waals surface area contributed by atoms with Gasteiger partial charge in [-0.05, 0) is 69.5 Å². The molecule has 0 saturated carbocycles. The number of likely N-dealkylation sites (tertiary alicyclic amines) is 1. The molecule has 0 bridgehead atoms. The molecule has 2 aromatic carbocycles. The normalized spacial score (nSPS) is 17.2. The van der Waals surface area contributed by atoms with Crippen LogP contribution in [0.25, 0.3) is 17.2 Å². The van der Waals surface area contributed by atoms with E-state index in [-0.39, 0.29) is 11.6 Å². The first kappa shape index (κ1) is 25.0. The van der Waals surface area contributed by atoms with E-state index in [9.17, 15) is 4.79 Å². The van der Waals surface area contributed by atoms with Crippen LogP contribution in [-0.2, 0) is 11.3 Å². The Morgan fingerprint density at radius 3 is 2.78 bits per heavy atom. The highest BCUT2D eigenvalue weighted by Crippen LogP contribution is 2.40. The quantitative estimate of drug-likeness (QED) is 0.322. The Hall–Kier alpha value is -3.72. The monoisotopic (exact) mass is 507 g/mol. The van der Waals surface area contributed by atoms with Crippen LogP contribution < -0.4 is 19.5 Å². The zero-order valence-electron chi connectivity index (χ0n) is 21.7. The number of rotatable bonds is 7. The molecule has 3 heterocycles. The predicted molar refractivity (Wildman–Crippen MR) is 140 cm³/mol. The van der Waals surface area contributed by atoms with Crippen molar-refractivity contribution >= 4 is 29.3 Å². The van der Waals surface area contributed by atoms with Crippen molar-refractivity contribution in [2.24, 2.45) is 0 Å². The topological polar surface area (TPSA) is 95.3 Å². The lowest BCUT2D eigenvalue weighted by Gasteiger charge is -2.33. The van der Waals surface area contributed by atoms with Gasteiger partial charge in [-0.15, -0.1) is 0 Å². The Kier molecular flexibility index (Phi) is 6.97. The first-order valence-corrected chi connectivity index (χ1v) is 12.6. The molecule has 196 valence electrons. The second-order valence-electron chi connectivity index (χ2n) is 9.88. The number of fused-ring (bicyclic) bond motifs is 2. The molecule has 37 heavy (non-hydrogen) atoms. The third-order valence-electron chi connectivity index (χ3n) is 6.52. The highest BCUT2D eigenvalue weighted by molar-refractivity contribution is 5.77. The van der Waals surface area contributed by atoms with Gasteiger partial charge in [0, 0.05) is 37.3 Å². The fraction of sp³-hybridized carbons (Fsp3) is 0.429. The minimum Gasteiger partial charge on any atom is -0.490 e. The van der Waals surface area contributed by atoms with E-state index in [1.165, 1.54) is 12.7 Å². The number of nitrogens with one attached hydrogen (secondary N) is 1. The maximum Gasteiger partial charge on any atom is 0.513 e. The van der Waals surface area contributed by atoms with Gasteiger partial charge >= 0.3 is 6.16 Å². The second kappa shape index (κ2) is 10.3. The van der Waals surface area contributed by atoms with Crippen molar-refractivity contribution in [3.63, 3.8) is 0 Å². The van der Waals surface area contributed by atoms with Gasteiger partial charge in [0.25, 0.3) is 6.01 Å². The number of anilines is 1. The van der Waals surface area contributed by atoms with Crippen molar-refractivity contribution in [2.75, 3.05) is 32.1 Å². The number of benzene rings is 2. The zero-order chi connectivity index (χ0) is 26.0. The van der Waals surface area contributed by atoms with E-state index in [1.54, 1.807) is 18.2 Å². The van der Waals surface area contributed by atoms with Crippen molar-refractivity contribution in [3.8, 4) is 17.2 Å². The molecular weight excluding hydrogens is 474 g/mol. The molecule has 0 aliphatic carbocycles. The van der Waals surface area contributed by atoms with Gasteiger partial charge in [-0.3, -0.25) is 4.90 Å². The third kappa shape index (κ3) is 5.83. The molecule has 0 radical (unpaired) electrons. The molecule has 9 nitrogen and oxygen atoms in total. The predicted octanol–water partition coefficient (Wildman–Crippen LogP) is 5.63. The smallest absolute Gasteiger partial charge is 0.490 e. The first-order chi connectivity index (χ1) is 17.8. The Morgan fingerprint density at radius 1 is 1.22 bits per heavy atom. The van der Waals surface area contributed by atoms with Crippen LogP contribution in [0.15, 0.2) is 40.8 Å². The van der Waals surface area contributed by atoms with Crippen molar-refractivity contribution in [1.82, 2.24) is 9.88 Å². The number of nitrogens with zero attached hydrogens (tertiary/aromatic N) is 2. The van der Waals surface area contributed by atoms with Crippen LogP contribution in [0.2, 0.25) is 0 Å². The summed E-state index contributed by atoms with van der Waals surface area (Å²) in [6, 6.07) is 10.1. The highest BCUT2D eigenvalue weighted by atomic mass is 16.7. The van der Waals surface area contributed by atoms with Crippen molar-refractivity contribution in [1.29, 1.82) is 0 Å². The van der Waals surface area contributed by atoms with Gasteiger partial charge in [0.1, 0.15) is 16.9 Å². The minimum absolute atomic E-state index is 0.260. The maximum atomic E-state index is 11.3. The van der Waals surface area contributed by atoms with Gasteiger partial charge in [-0.2, -0.15) is 4.98 Å². The van der Waals surface area contributed by atoms with Gasteiger partial charge in [0.2, 0.25) is 0 Å². The highest BCUT2D eigenvalue weighted by Gasteiger charge is 2.26. The molecule has 1 fully saturated rings. The Morgan fingerprint density at radius 2 is 2.03 bits per heavy atom. The summed E-state index contributed by atoms with van der Waals surface area (Å²) in [4.78, 5) is 18.3. The van der Waals surface area contributed by atoms with E-state index < -0.39 is 6.16 Å². The molecule has 0 spiro atoms. The van der Waals surface area contributed by atoms with Crippen LogP contribution in [0.4, 0.5) is 10.8 Å². The standard InChI is InChI=1S/C28H33N3O6/c1-5-34-24-15-18(14-19-8-11-28(2,3)37-25(19)24)17-31-12-9-20(10-13-31)29-26-30-22-7-6-21(16-23(22)36-26)35-27(32)33-4/h6-8,11,14-16,20H,5,9-10,12-13,17H2,1-4H3,(H,29,30).